The van der Waals surface area contributed by atoms with E-state index in [1.165, 1.54) is 21.1 Å². The van der Waals surface area contributed by atoms with Crippen LogP contribution in [0.25, 0.3) is 0 Å². The van der Waals surface area contributed by atoms with Gasteiger partial charge in [-0.3, -0.25) is 9.59 Å². The number of carbonyl (C=O) groups excluding carboxylic acids is 2. The second kappa shape index (κ2) is 12.3. The van der Waals surface area contributed by atoms with Crippen molar-refractivity contribution in [1.29, 1.82) is 0 Å². The maximum absolute atomic E-state index is 12.9. The fraction of sp³-hybridized carbons (Fsp3) is 0.364. The van der Waals surface area contributed by atoms with Gasteiger partial charge in [-0.2, -0.15) is 10.2 Å². The summed E-state index contributed by atoms with van der Waals surface area (Å²) >= 11 is 12.6. The van der Waals surface area contributed by atoms with Crippen LogP contribution in [0.1, 0.15) is 20.8 Å². The molecule has 0 radical (unpaired) electrons. The number of nitrogens with zero attached hydrogens (tertiary/aromatic N) is 2. The number of methoxy groups -OCH3 is 2. The average molecular weight is 498 g/mol. The van der Waals surface area contributed by atoms with E-state index < -0.39 is 17.7 Å². The van der Waals surface area contributed by atoms with Gasteiger partial charge in [0, 0.05) is 0 Å². The van der Waals surface area contributed by atoms with Gasteiger partial charge in [0.2, 0.25) is 6.04 Å². The average Bonchev–Trinajstić information content (AvgIpc) is 2.78. The number of rotatable bonds is 11. The van der Waals surface area contributed by atoms with E-state index in [-0.39, 0.29) is 32.9 Å². The van der Waals surface area contributed by atoms with Crippen molar-refractivity contribution >= 4 is 46.3 Å². The summed E-state index contributed by atoms with van der Waals surface area (Å²) in [7, 11) is 2.86. The summed E-state index contributed by atoms with van der Waals surface area (Å²) < 4.78 is 21.4. The van der Waals surface area contributed by atoms with Crippen molar-refractivity contribution in [2.75, 3.05) is 32.8 Å². The minimum atomic E-state index is -1.43. The van der Waals surface area contributed by atoms with Crippen LogP contribution in [0, 0.1) is 0 Å². The number of benzene rings is 2. The van der Waals surface area contributed by atoms with Crippen LogP contribution in [-0.2, 0) is 9.59 Å². The number of azo groups is 1. The molecule has 0 saturated heterocycles. The number of amides is 1. The van der Waals surface area contributed by atoms with Gasteiger partial charge < -0.3 is 24.3 Å². The van der Waals surface area contributed by atoms with Crippen molar-refractivity contribution in [3.05, 3.63) is 34.3 Å². The Bertz CT molecular complexity index is 1050. The van der Waals surface area contributed by atoms with Gasteiger partial charge in [-0.15, -0.1) is 0 Å². The van der Waals surface area contributed by atoms with E-state index in [1.807, 2.05) is 6.92 Å². The number of nitrogens with one attached hydrogen (secondary N) is 1. The monoisotopic (exact) mass is 497 g/mol. The molecule has 1 atom stereocenters. The van der Waals surface area contributed by atoms with Crippen molar-refractivity contribution in [2.24, 2.45) is 10.2 Å². The molecule has 1 amide bonds. The maximum Gasteiger partial charge on any atom is 0.258 e. The van der Waals surface area contributed by atoms with Crippen LogP contribution < -0.4 is 24.3 Å². The molecule has 0 bridgehead atoms. The van der Waals surface area contributed by atoms with Crippen LogP contribution in [0.4, 0.5) is 11.4 Å². The molecule has 2 aromatic carbocycles. The van der Waals surface area contributed by atoms with Gasteiger partial charge in [-0.05, 0) is 45.0 Å². The Morgan fingerprint density at radius 2 is 1.58 bits per heavy atom. The fourth-order valence-electron chi connectivity index (χ4n) is 2.79. The van der Waals surface area contributed by atoms with E-state index in [4.69, 9.17) is 42.1 Å². The summed E-state index contributed by atoms with van der Waals surface area (Å²) in [6.07, 6.45) is 0. The van der Waals surface area contributed by atoms with Crippen molar-refractivity contribution in [1.82, 2.24) is 0 Å². The molecule has 0 fully saturated rings. The van der Waals surface area contributed by atoms with Crippen LogP contribution in [0.5, 0.6) is 23.0 Å². The van der Waals surface area contributed by atoms with Gasteiger partial charge in [0.25, 0.3) is 5.91 Å². The number of ketones is 1. The molecular formula is C22H25Cl2N3O6. The van der Waals surface area contributed by atoms with Crippen molar-refractivity contribution in [3.8, 4) is 23.0 Å². The molecule has 2 aromatic rings. The molecule has 33 heavy (non-hydrogen) atoms. The minimum absolute atomic E-state index is 0.186. The Hall–Kier alpha value is -3.04. The quantitative estimate of drug-likeness (QED) is 0.324. The van der Waals surface area contributed by atoms with Crippen LogP contribution in [0.2, 0.25) is 10.0 Å². The molecule has 1 unspecified atom stereocenters. The van der Waals surface area contributed by atoms with Gasteiger partial charge in [-0.25, -0.2) is 0 Å². The maximum atomic E-state index is 12.9. The Morgan fingerprint density at radius 3 is 2.15 bits per heavy atom. The Morgan fingerprint density at radius 1 is 0.939 bits per heavy atom. The van der Waals surface area contributed by atoms with E-state index in [1.54, 1.807) is 31.2 Å². The smallest absolute Gasteiger partial charge is 0.258 e. The Labute approximate surface area is 202 Å². The molecule has 9 nitrogen and oxygen atoms in total. The van der Waals surface area contributed by atoms with Crippen LogP contribution in [-0.4, -0.2) is 45.2 Å². The predicted octanol–water partition coefficient (Wildman–Crippen LogP) is 5.49. The summed E-state index contributed by atoms with van der Waals surface area (Å²) in [5, 5.41) is 11.0. The molecule has 1 N–H and O–H groups in total. The highest BCUT2D eigenvalue weighted by Crippen LogP contribution is 2.42. The molecular weight excluding hydrogens is 473 g/mol. The van der Waals surface area contributed by atoms with E-state index in [0.717, 1.165) is 0 Å². The predicted molar refractivity (Wildman–Crippen MR) is 126 cm³/mol. The molecule has 0 aliphatic heterocycles. The first-order valence-electron chi connectivity index (χ1n) is 9.99. The number of hydrogen-bond donors (Lipinski definition) is 1. The summed E-state index contributed by atoms with van der Waals surface area (Å²) in [6, 6.07) is 4.84. The first-order valence-corrected chi connectivity index (χ1v) is 10.7. The Kier molecular flexibility index (Phi) is 9.74. The topological polar surface area (TPSA) is 108 Å². The molecule has 2 rings (SSSR count). The molecule has 0 saturated carbocycles. The second-order valence-corrected chi connectivity index (χ2v) is 7.23. The normalized spacial score (nSPS) is 11.7. The zero-order valence-electron chi connectivity index (χ0n) is 18.9. The van der Waals surface area contributed by atoms with Gasteiger partial charge in [0.05, 0.1) is 33.1 Å². The third-order valence-electron chi connectivity index (χ3n) is 4.29. The van der Waals surface area contributed by atoms with E-state index in [2.05, 4.69) is 15.5 Å². The summed E-state index contributed by atoms with van der Waals surface area (Å²) in [5.41, 5.74) is 0.489. The lowest BCUT2D eigenvalue weighted by Gasteiger charge is -2.17. The van der Waals surface area contributed by atoms with Crippen molar-refractivity contribution in [3.63, 3.8) is 0 Å². The third-order valence-corrected chi connectivity index (χ3v) is 5.00. The number of anilines is 1. The standard InChI is InChI=1S/C22H25Cl2N3O6/c1-6-32-16-11-8-13(21(18(16)24)33-7-2)25-22(29)19(12(3)28)27-26-14-9-10-15(30-4)17(23)20(14)31-5/h8-11,19H,6-7H2,1-5H3,(H,25,29). The van der Waals surface area contributed by atoms with E-state index in [0.29, 0.717) is 24.7 Å². The minimum Gasteiger partial charge on any atom is -0.495 e. The lowest BCUT2D eigenvalue weighted by atomic mass is 10.2. The summed E-state index contributed by atoms with van der Waals surface area (Å²) in [6.45, 7) is 5.53. The number of Topliss-reactive ketones (excluding diaryl/α,β-unsaturated/α-hetero) is 1. The van der Waals surface area contributed by atoms with Crippen LogP contribution in [0.15, 0.2) is 34.5 Å². The first kappa shape index (κ1) is 26.2. The largest absolute Gasteiger partial charge is 0.495 e. The number of hydrogen-bond acceptors (Lipinski definition) is 8. The third kappa shape index (κ3) is 6.27. The Balaban J connectivity index is 2.35. The first-order chi connectivity index (χ1) is 15.8. The van der Waals surface area contributed by atoms with Gasteiger partial charge in [-0.1, -0.05) is 23.2 Å². The summed E-state index contributed by atoms with van der Waals surface area (Å²) in [4.78, 5) is 25.0. The molecule has 178 valence electrons. The second-order valence-electron chi connectivity index (χ2n) is 6.47. The van der Waals surface area contributed by atoms with E-state index in [9.17, 15) is 9.59 Å². The number of carbonyl (C=O) groups is 2. The zero-order valence-corrected chi connectivity index (χ0v) is 20.4. The molecule has 0 aliphatic rings. The highest BCUT2D eigenvalue weighted by atomic mass is 35.5. The summed E-state index contributed by atoms with van der Waals surface area (Å²) in [5.74, 6) is -0.0346. The molecule has 0 aromatic heterocycles. The van der Waals surface area contributed by atoms with Gasteiger partial charge >= 0.3 is 0 Å². The van der Waals surface area contributed by atoms with E-state index >= 15 is 0 Å². The van der Waals surface area contributed by atoms with Crippen LogP contribution >= 0.6 is 23.2 Å². The SMILES string of the molecule is CCOc1ccc(NC(=O)C(N=Nc2ccc(OC)c(Cl)c2OC)C(C)=O)c(OCC)c1Cl. The molecule has 0 aliphatic carbocycles. The number of ether oxygens (including phenoxy) is 4. The van der Waals surface area contributed by atoms with Gasteiger partial charge in [0.15, 0.2) is 17.3 Å². The number of halogens is 2. The van der Waals surface area contributed by atoms with Crippen molar-refractivity contribution in [2.45, 2.75) is 26.8 Å². The zero-order chi connectivity index (χ0) is 24.5. The van der Waals surface area contributed by atoms with Gasteiger partial charge in [0.1, 0.15) is 27.2 Å². The molecule has 0 spiro atoms. The lowest BCUT2D eigenvalue weighted by Crippen LogP contribution is -2.32. The van der Waals surface area contributed by atoms with Crippen molar-refractivity contribution < 1.29 is 28.5 Å². The molecule has 0 heterocycles. The fourth-order valence-corrected chi connectivity index (χ4v) is 3.37. The highest BCUT2D eigenvalue weighted by Gasteiger charge is 2.26. The molecule has 11 heteroatoms. The highest BCUT2D eigenvalue weighted by molar-refractivity contribution is 6.34. The lowest BCUT2D eigenvalue weighted by molar-refractivity contribution is -0.126. The van der Waals surface area contributed by atoms with Crippen LogP contribution in [0.3, 0.4) is 0 Å².